The monoisotopic (exact) mass is 410 g/mol. The van der Waals surface area contributed by atoms with Gasteiger partial charge in [-0.25, -0.2) is 0 Å². The molecule has 0 spiro atoms. The summed E-state index contributed by atoms with van der Waals surface area (Å²) in [6.45, 7) is 6.27. The number of hydrogen-bond donors (Lipinski definition) is 0. The summed E-state index contributed by atoms with van der Waals surface area (Å²) in [5, 5.41) is 5.03. The van der Waals surface area contributed by atoms with Crippen LogP contribution in [0.5, 0.6) is 0 Å². The van der Waals surface area contributed by atoms with Gasteiger partial charge in [-0.3, -0.25) is 14.4 Å². The molecule has 5 nitrogen and oxygen atoms in total. The molecule has 1 fully saturated rings. The molecule has 7 heteroatoms. The lowest BCUT2D eigenvalue weighted by Crippen LogP contribution is -2.49. The van der Waals surface area contributed by atoms with Crippen LogP contribution in [0.4, 0.5) is 0 Å². The second-order valence-electron chi connectivity index (χ2n) is 5.98. The topological polar surface area (TPSA) is 41.4 Å². The Hall–Kier alpha value is -1.37. The zero-order valence-electron chi connectivity index (χ0n) is 13.6. The van der Waals surface area contributed by atoms with Crippen molar-refractivity contribution in [2.45, 2.75) is 20.0 Å². The Morgan fingerprint density at radius 2 is 1.96 bits per heavy atom. The van der Waals surface area contributed by atoms with Crippen molar-refractivity contribution in [1.82, 2.24) is 19.6 Å². The normalized spacial score (nSPS) is 15.7. The van der Waals surface area contributed by atoms with Crippen LogP contribution in [0.25, 0.3) is 0 Å². The van der Waals surface area contributed by atoms with Gasteiger partial charge in [0.25, 0.3) is 0 Å². The molecule has 0 radical (unpaired) electrons. The lowest BCUT2D eigenvalue weighted by molar-refractivity contribution is -0.133. The van der Waals surface area contributed by atoms with Gasteiger partial charge in [-0.15, -0.1) is 0 Å². The second kappa shape index (κ2) is 7.68. The summed E-state index contributed by atoms with van der Waals surface area (Å²) in [6.07, 6.45) is 1.73. The summed E-state index contributed by atoms with van der Waals surface area (Å²) in [7, 11) is 0. The molecule has 2 heterocycles. The first-order chi connectivity index (χ1) is 11.5. The highest BCUT2D eigenvalue weighted by atomic mass is 79.9. The van der Waals surface area contributed by atoms with Crippen LogP contribution in [0.3, 0.4) is 0 Å². The number of carbonyl (C=O) groups excluding carboxylic acids is 1. The van der Waals surface area contributed by atoms with Gasteiger partial charge in [0, 0.05) is 37.7 Å². The average molecular weight is 412 g/mol. The molecule has 1 aliphatic heterocycles. The molecule has 0 aliphatic carbocycles. The van der Waals surface area contributed by atoms with Crippen molar-refractivity contribution in [3.8, 4) is 0 Å². The molecule has 1 amide bonds. The van der Waals surface area contributed by atoms with Crippen molar-refractivity contribution < 1.29 is 4.79 Å². The number of carbonyl (C=O) groups is 1. The van der Waals surface area contributed by atoms with E-state index in [-0.39, 0.29) is 5.91 Å². The van der Waals surface area contributed by atoms with Gasteiger partial charge in [-0.05, 0) is 34.5 Å². The van der Waals surface area contributed by atoms with E-state index in [1.165, 1.54) is 0 Å². The van der Waals surface area contributed by atoms with Crippen molar-refractivity contribution in [1.29, 1.82) is 0 Å². The lowest BCUT2D eigenvalue weighted by Gasteiger charge is -2.35. The van der Waals surface area contributed by atoms with E-state index in [0.29, 0.717) is 6.54 Å². The van der Waals surface area contributed by atoms with Crippen LogP contribution in [0, 0.1) is 6.92 Å². The predicted octanol–water partition coefficient (Wildman–Crippen LogP) is 2.95. The summed E-state index contributed by atoms with van der Waals surface area (Å²) >= 11 is 9.65. The first-order valence-corrected chi connectivity index (χ1v) is 9.13. The lowest BCUT2D eigenvalue weighted by atomic mass is 10.2. The molecule has 1 aliphatic rings. The Kier molecular flexibility index (Phi) is 5.58. The van der Waals surface area contributed by atoms with Crippen LogP contribution in [0.2, 0.25) is 5.02 Å². The Bertz CT molecular complexity index is 725. The molecule has 0 N–H and O–H groups in total. The Morgan fingerprint density at radius 1 is 1.25 bits per heavy atom. The van der Waals surface area contributed by atoms with Crippen LogP contribution in [0.1, 0.15) is 11.3 Å². The van der Waals surface area contributed by atoms with E-state index in [4.69, 9.17) is 11.6 Å². The largest absolute Gasteiger partial charge is 0.339 e. The van der Waals surface area contributed by atoms with E-state index < -0.39 is 0 Å². The number of amides is 1. The average Bonchev–Trinajstić information content (AvgIpc) is 2.90. The molecule has 128 valence electrons. The molecule has 0 unspecified atom stereocenters. The number of aromatic nitrogens is 2. The fourth-order valence-electron chi connectivity index (χ4n) is 2.83. The minimum absolute atomic E-state index is 0.117. The molecule has 1 aromatic carbocycles. The molecule has 1 saturated heterocycles. The van der Waals surface area contributed by atoms with Gasteiger partial charge in [0.1, 0.15) is 6.54 Å². The maximum Gasteiger partial charge on any atom is 0.244 e. The van der Waals surface area contributed by atoms with E-state index in [2.05, 4.69) is 32.0 Å². The van der Waals surface area contributed by atoms with Crippen molar-refractivity contribution in [2.24, 2.45) is 0 Å². The molecule has 0 atom stereocenters. The zero-order chi connectivity index (χ0) is 17.1. The van der Waals surface area contributed by atoms with Gasteiger partial charge in [0.2, 0.25) is 5.91 Å². The first-order valence-electron chi connectivity index (χ1n) is 7.96. The SMILES string of the molecule is Cc1c(Br)cnn1CC(=O)N1CCN(Cc2ccccc2Cl)CC1. The van der Waals surface area contributed by atoms with E-state index in [9.17, 15) is 4.79 Å². The number of benzene rings is 1. The Morgan fingerprint density at radius 3 is 2.58 bits per heavy atom. The van der Waals surface area contributed by atoms with Crippen LogP contribution in [0.15, 0.2) is 34.9 Å². The fourth-order valence-corrected chi connectivity index (χ4v) is 3.33. The van der Waals surface area contributed by atoms with Crippen molar-refractivity contribution in [2.75, 3.05) is 26.2 Å². The van der Waals surface area contributed by atoms with Gasteiger partial charge in [0.05, 0.1) is 16.4 Å². The molecule has 24 heavy (non-hydrogen) atoms. The summed E-state index contributed by atoms with van der Waals surface area (Å²) in [6, 6.07) is 7.92. The number of rotatable bonds is 4. The number of hydrogen-bond acceptors (Lipinski definition) is 3. The Labute approximate surface area is 155 Å². The third-order valence-corrected chi connectivity index (χ3v) is 5.55. The molecule has 1 aromatic heterocycles. The van der Waals surface area contributed by atoms with Gasteiger partial charge in [-0.1, -0.05) is 29.8 Å². The van der Waals surface area contributed by atoms with E-state index in [1.54, 1.807) is 10.9 Å². The van der Waals surface area contributed by atoms with Gasteiger partial charge < -0.3 is 4.90 Å². The highest BCUT2D eigenvalue weighted by molar-refractivity contribution is 9.10. The van der Waals surface area contributed by atoms with Gasteiger partial charge >= 0.3 is 0 Å². The van der Waals surface area contributed by atoms with E-state index >= 15 is 0 Å². The molecule has 0 saturated carbocycles. The quantitative estimate of drug-likeness (QED) is 0.777. The van der Waals surface area contributed by atoms with Gasteiger partial charge in [0.15, 0.2) is 0 Å². The summed E-state index contributed by atoms with van der Waals surface area (Å²) in [5.41, 5.74) is 2.11. The van der Waals surface area contributed by atoms with Crippen molar-refractivity contribution >= 4 is 33.4 Å². The fraction of sp³-hybridized carbons (Fsp3) is 0.412. The summed E-state index contributed by atoms with van der Waals surface area (Å²) in [5.74, 6) is 0.117. The van der Waals surface area contributed by atoms with Crippen molar-refractivity contribution in [3.05, 3.63) is 51.2 Å². The number of piperazine rings is 1. The van der Waals surface area contributed by atoms with Gasteiger partial charge in [-0.2, -0.15) is 5.10 Å². The first kappa shape index (κ1) is 17.5. The van der Waals surface area contributed by atoms with Crippen LogP contribution in [-0.4, -0.2) is 51.7 Å². The maximum absolute atomic E-state index is 12.5. The molecule has 0 bridgehead atoms. The molecular formula is C17H20BrClN4O. The minimum atomic E-state index is 0.117. The van der Waals surface area contributed by atoms with Crippen LogP contribution < -0.4 is 0 Å². The van der Waals surface area contributed by atoms with E-state index in [0.717, 1.165) is 53.5 Å². The number of nitrogens with zero attached hydrogens (tertiary/aromatic N) is 4. The second-order valence-corrected chi connectivity index (χ2v) is 7.25. The summed E-state index contributed by atoms with van der Waals surface area (Å²) in [4.78, 5) is 16.7. The van der Waals surface area contributed by atoms with E-state index in [1.807, 2.05) is 30.0 Å². The maximum atomic E-state index is 12.5. The third-order valence-electron chi connectivity index (χ3n) is 4.41. The van der Waals surface area contributed by atoms with Crippen LogP contribution in [-0.2, 0) is 17.9 Å². The smallest absolute Gasteiger partial charge is 0.244 e. The van der Waals surface area contributed by atoms with Crippen LogP contribution >= 0.6 is 27.5 Å². The van der Waals surface area contributed by atoms with Crippen molar-refractivity contribution in [3.63, 3.8) is 0 Å². The predicted molar refractivity (Wildman–Crippen MR) is 98.0 cm³/mol. The molecule has 3 rings (SSSR count). The summed E-state index contributed by atoms with van der Waals surface area (Å²) < 4.78 is 2.67. The third kappa shape index (κ3) is 3.99. The molecule has 2 aromatic rings. The number of halogens is 2. The highest BCUT2D eigenvalue weighted by Crippen LogP contribution is 2.18. The Balaban J connectivity index is 1.52. The zero-order valence-corrected chi connectivity index (χ0v) is 15.9. The molecular weight excluding hydrogens is 392 g/mol. The minimum Gasteiger partial charge on any atom is -0.339 e. The standard InChI is InChI=1S/C17H20BrClN4O/c1-13-15(18)10-20-23(13)12-17(24)22-8-6-21(7-9-22)11-14-4-2-3-5-16(14)19/h2-5,10H,6-9,11-12H2,1H3. The highest BCUT2D eigenvalue weighted by Gasteiger charge is 2.22.